The average Bonchev–Trinajstić information content (AvgIpc) is 3.47. The number of aryl methyl sites for hydroxylation is 1. The topological polar surface area (TPSA) is 79.4 Å². The molecule has 1 fully saturated rings. The third kappa shape index (κ3) is 7.25. The first-order chi connectivity index (χ1) is 19.3. The number of anilines is 4. The standard InChI is InChI=1S/C32H42ClN5O2/c1-6-12-23(13-7-2)25-19-29(40-21(3)4)28(18-22(25)5)36-32-34-20-26(33)30(37-32)35-27-15-9-8-14-24(27)31(39)38-16-10-11-17-38/h8-9,14-15,18-21,23H,6-7,10-13,16-17H2,1-5H3,(H2,34,35,36,37). The van der Waals surface area contributed by atoms with Gasteiger partial charge in [0.25, 0.3) is 5.91 Å². The highest BCUT2D eigenvalue weighted by Gasteiger charge is 2.23. The van der Waals surface area contributed by atoms with E-state index in [1.807, 2.05) is 43.0 Å². The molecule has 7 nitrogen and oxygen atoms in total. The molecule has 3 aromatic rings. The van der Waals surface area contributed by atoms with Crippen LogP contribution in [0.5, 0.6) is 5.75 Å². The number of likely N-dealkylation sites (tertiary alicyclic amines) is 1. The van der Waals surface area contributed by atoms with Gasteiger partial charge in [-0.25, -0.2) is 4.98 Å². The van der Waals surface area contributed by atoms with Gasteiger partial charge >= 0.3 is 0 Å². The molecule has 0 unspecified atom stereocenters. The molecule has 0 bridgehead atoms. The van der Waals surface area contributed by atoms with Crippen LogP contribution in [0.15, 0.2) is 42.6 Å². The highest BCUT2D eigenvalue weighted by molar-refractivity contribution is 6.33. The minimum atomic E-state index is 0.0135. The summed E-state index contributed by atoms with van der Waals surface area (Å²) >= 11 is 6.51. The fourth-order valence-electron chi connectivity index (χ4n) is 5.38. The molecule has 1 amide bonds. The number of amides is 1. The third-order valence-corrected chi connectivity index (χ3v) is 7.52. The van der Waals surface area contributed by atoms with Crippen LogP contribution in [0.1, 0.15) is 93.6 Å². The maximum Gasteiger partial charge on any atom is 0.255 e. The molecule has 1 aliphatic heterocycles. The van der Waals surface area contributed by atoms with Gasteiger partial charge in [0, 0.05) is 13.1 Å². The minimum Gasteiger partial charge on any atom is -0.489 e. The van der Waals surface area contributed by atoms with E-state index in [0.29, 0.717) is 34.0 Å². The molecule has 8 heteroatoms. The van der Waals surface area contributed by atoms with Crippen LogP contribution >= 0.6 is 11.6 Å². The summed E-state index contributed by atoms with van der Waals surface area (Å²) in [5, 5.41) is 7.01. The van der Waals surface area contributed by atoms with E-state index < -0.39 is 0 Å². The first kappa shape index (κ1) is 29.7. The quantitative estimate of drug-likeness (QED) is 0.229. The van der Waals surface area contributed by atoms with Gasteiger partial charge in [-0.05, 0) is 87.8 Å². The van der Waals surface area contributed by atoms with Crippen molar-refractivity contribution in [2.45, 2.75) is 85.2 Å². The van der Waals surface area contributed by atoms with Crippen LogP contribution in [-0.4, -0.2) is 40.0 Å². The number of carbonyl (C=O) groups is 1. The Morgan fingerprint density at radius 1 is 1.05 bits per heavy atom. The molecule has 2 aromatic carbocycles. The van der Waals surface area contributed by atoms with Crippen molar-refractivity contribution in [3.05, 3.63) is 64.3 Å². The molecule has 4 rings (SSSR count). The summed E-state index contributed by atoms with van der Waals surface area (Å²) < 4.78 is 6.26. The van der Waals surface area contributed by atoms with Gasteiger partial charge in [0.2, 0.25) is 5.95 Å². The van der Waals surface area contributed by atoms with E-state index in [1.54, 1.807) is 6.20 Å². The van der Waals surface area contributed by atoms with Crippen LogP contribution in [0.25, 0.3) is 0 Å². The van der Waals surface area contributed by atoms with E-state index in [0.717, 1.165) is 63.1 Å². The van der Waals surface area contributed by atoms with Crippen LogP contribution in [-0.2, 0) is 0 Å². The van der Waals surface area contributed by atoms with E-state index in [4.69, 9.17) is 16.3 Å². The number of hydrogen-bond donors (Lipinski definition) is 2. The highest BCUT2D eigenvalue weighted by atomic mass is 35.5. The Balaban J connectivity index is 1.63. The monoisotopic (exact) mass is 563 g/mol. The van der Waals surface area contributed by atoms with Crippen LogP contribution in [0, 0.1) is 6.92 Å². The molecule has 214 valence electrons. The lowest BCUT2D eigenvalue weighted by Gasteiger charge is -2.23. The van der Waals surface area contributed by atoms with Crippen molar-refractivity contribution in [3.63, 3.8) is 0 Å². The molecule has 2 heterocycles. The molecule has 0 aliphatic carbocycles. The van der Waals surface area contributed by atoms with Crippen molar-refractivity contribution in [1.29, 1.82) is 0 Å². The van der Waals surface area contributed by atoms with E-state index in [1.165, 1.54) is 11.1 Å². The van der Waals surface area contributed by atoms with Gasteiger partial charge < -0.3 is 20.3 Å². The molecular weight excluding hydrogens is 522 g/mol. The van der Waals surface area contributed by atoms with Gasteiger partial charge in [-0.1, -0.05) is 50.4 Å². The summed E-state index contributed by atoms with van der Waals surface area (Å²) in [7, 11) is 0. The SMILES string of the molecule is CCCC(CCC)c1cc(OC(C)C)c(Nc2ncc(Cl)c(Nc3ccccc3C(=O)N3CCCC3)n2)cc1C. The lowest BCUT2D eigenvalue weighted by molar-refractivity contribution is 0.0794. The van der Waals surface area contributed by atoms with Crippen molar-refractivity contribution >= 4 is 40.6 Å². The molecule has 0 atom stereocenters. The van der Waals surface area contributed by atoms with Gasteiger partial charge in [0.05, 0.1) is 29.2 Å². The highest BCUT2D eigenvalue weighted by Crippen LogP contribution is 2.38. The zero-order valence-corrected chi connectivity index (χ0v) is 25.1. The Labute approximate surface area is 243 Å². The average molecular weight is 564 g/mol. The largest absolute Gasteiger partial charge is 0.489 e. The second kappa shape index (κ2) is 13.8. The van der Waals surface area contributed by atoms with Crippen molar-refractivity contribution in [1.82, 2.24) is 14.9 Å². The van der Waals surface area contributed by atoms with Gasteiger partial charge in [-0.3, -0.25) is 4.79 Å². The number of halogens is 1. The molecule has 0 spiro atoms. The molecule has 1 aliphatic rings. The number of ether oxygens (including phenoxy) is 1. The van der Waals surface area contributed by atoms with E-state index in [9.17, 15) is 4.79 Å². The van der Waals surface area contributed by atoms with Crippen LogP contribution in [0.4, 0.5) is 23.1 Å². The Morgan fingerprint density at radius 3 is 2.42 bits per heavy atom. The van der Waals surface area contributed by atoms with Gasteiger partial charge in [-0.15, -0.1) is 0 Å². The van der Waals surface area contributed by atoms with E-state index >= 15 is 0 Å². The fraction of sp³-hybridized carbons (Fsp3) is 0.469. The Hall–Kier alpha value is -3.32. The van der Waals surface area contributed by atoms with Gasteiger partial charge in [0.15, 0.2) is 5.82 Å². The molecule has 0 saturated carbocycles. The number of aromatic nitrogens is 2. The molecule has 1 saturated heterocycles. The summed E-state index contributed by atoms with van der Waals surface area (Å²) in [6.07, 6.45) is 8.24. The number of para-hydroxylation sites is 1. The van der Waals surface area contributed by atoms with Crippen molar-refractivity contribution < 1.29 is 9.53 Å². The second-order valence-corrected chi connectivity index (χ2v) is 11.2. The first-order valence-corrected chi connectivity index (χ1v) is 14.9. The zero-order valence-electron chi connectivity index (χ0n) is 24.4. The van der Waals surface area contributed by atoms with E-state index in [-0.39, 0.29) is 12.0 Å². The maximum atomic E-state index is 13.2. The van der Waals surface area contributed by atoms with Crippen molar-refractivity contribution in [3.8, 4) is 5.75 Å². The first-order valence-electron chi connectivity index (χ1n) is 14.6. The summed E-state index contributed by atoms with van der Waals surface area (Å²) in [6.45, 7) is 12.3. The normalized spacial score (nSPS) is 13.2. The van der Waals surface area contributed by atoms with Crippen molar-refractivity contribution in [2.24, 2.45) is 0 Å². The Kier molecular flexibility index (Phi) is 10.3. The Morgan fingerprint density at radius 2 is 1.75 bits per heavy atom. The number of rotatable bonds is 12. The lowest BCUT2D eigenvalue weighted by Crippen LogP contribution is -2.28. The third-order valence-electron chi connectivity index (χ3n) is 7.24. The zero-order chi connectivity index (χ0) is 28.6. The smallest absolute Gasteiger partial charge is 0.255 e. The fourth-order valence-corrected chi connectivity index (χ4v) is 5.52. The number of nitrogens with one attached hydrogen (secondary N) is 2. The summed E-state index contributed by atoms with van der Waals surface area (Å²) in [6, 6.07) is 11.8. The number of hydrogen-bond acceptors (Lipinski definition) is 6. The van der Waals surface area contributed by atoms with Crippen LogP contribution in [0.3, 0.4) is 0 Å². The lowest BCUT2D eigenvalue weighted by atomic mass is 9.87. The van der Waals surface area contributed by atoms with Gasteiger partial charge in [-0.2, -0.15) is 4.98 Å². The predicted octanol–water partition coefficient (Wildman–Crippen LogP) is 8.63. The number of nitrogens with zero attached hydrogens (tertiary/aromatic N) is 3. The molecule has 1 aromatic heterocycles. The minimum absolute atomic E-state index is 0.0135. The van der Waals surface area contributed by atoms with Crippen LogP contribution in [0.2, 0.25) is 5.02 Å². The summed E-state index contributed by atoms with van der Waals surface area (Å²) in [4.78, 5) is 24.2. The molecule has 40 heavy (non-hydrogen) atoms. The molecular formula is C32H42ClN5O2. The van der Waals surface area contributed by atoms with E-state index in [2.05, 4.69) is 53.5 Å². The summed E-state index contributed by atoms with van der Waals surface area (Å²) in [5.41, 5.74) is 4.62. The number of benzene rings is 2. The van der Waals surface area contributed by atoms with Gasteiger partial charge in [0.1, 0.15) is 10.8 Å². The maximum absolute atomic E-state index is 13.2. The predicted molar refractivity (Wildman–Crippen MR) is 165 cm³/mol. The van der Waals surface area contributed by atoms with Crippen molar-refractivity contribution in [2.75, 3.05) is 23.7 Å². The van der Waals surface area contributed by atoms with Crippen LogP contribution < -0.4 is 15.4 Å². The Bertz CT molecular complexity index is 1300. The summed E-state index contributed by atoms with van der Waals surface area (Å²) in [5.74, 6) is 2.10. The molecule has 2 N–H and O–H groups in total. The second-order valence-electron chi connectivity index (χ2n) is 10.8. The molecule has 0 radical (unpaired) electrons. The number of carbonyl (C=O) groups excluding carboxylic acids is 1.